The van der Waals surface area contributed by atoms with E-state index < -0.39 is 0 Å². The van der Waals surface area contributed by atoms with E-state index in [-0.39, 0.29) is 11.6 Å². The van der Waals surface area contributed by atoms with Gasteiger partial charge in [-0.25, -0.2) is 0 Å². The van der Waals surface area contributed by atoms with Crippen LogP contribution in [0.5, 0.6) is 0 Å². The summed E-state index contributed by atoms with van der Waals surface area (Å²) < 4.78 is 5.51. The molecule has 1 fully saturated rings. The highest BCUT2D eigenvalue weighted by molar-refractivity contribution is 5.72. The minimum Gasteiger partial charge on any atom is -0.459 e. The highest BCUT2D eigenvalue weighted by Crippen LogP contribution is 2.36. The Hall–Kier alpha value is -0.530. The molecule has 0 aliphatic carbocycles. The molecule has 0 atom stereocenters. The quantitative estimate of drug-likeness (QED) is 0.611. The standard InChI is InChI=1S/C12H22O2/c1-3-5-8-12(9-6-4-2)10-7-11(13)14-12/h3-10H2,1-2H3. The second-order valence-corrected chi connectivity index (χ2v) is 4.36. The monoisotopic (exact) mass is 198 g/mol. The van der Waals surface area contributed by atoms with Crippen LogP contribution < -0.4 is 0 Å². The number of carbonyl (C=O) groups excluding carboxylic acids is 1. The number of ether oxygens (including phenoxy) is 1. The lowest BCUT2D eigenvalue weighted by Gasteiger charge is -2.27. The van der Waals surface area contributed by atoms with Crippen LogP contribution in [0.2, 0.25) is 0 Å². The first-order chi connectivity index (χ1) is 6.72. The molecule has 1 saturated heterocycles. The highest BCUT2D eigenvalue weighted by Gasteiger charge is 2.38. The van der Waals surface area contributed by atoms with Gasteiger partial charge in [0.15, 0.2) is 0 Å². The Morgan fingerprint density at radius 3 is 2.14 bits per heavy atom. The summed E-state index contributed by atoms with van der Waals surface area (Å²) in [6.07, 6.45) is 8.44. The van der Waals surface area contributed by atoms with Gasteiger partial charge in [-0.15, -0.1) is 0 Å². The van der Waals surface area contributed by atoms with E-state index in [4.69, 9.17) is 4.74 Å². The molecule has 0 aromatic heterocycles. The first-order valence-corrected chi connectivity index (χ1v) is 5.94. The van der Waals surface area contributed by atoms with Crippen LogP contribution in [0.25, 0.3) is 0 Å². The molecule has 0 amide bonds. The molecule has 1 rings (SSSR count). The van der Waals surface area contributed by atoms with E-state index in [1.54, 1.807) is 0 Å². The molecule has 1 aliphatic rings. The normalized spacial score (nSPS) is 19.7. The minimum absolute atomic E-state index is 0.0113. The van der Waals surface area contributed by atoms with Gasteiger partial charge < -0.3 is 4.74 Å². The van der Waals surface area contributed by atoms with E-state index in [9.17, 15) is 4.79 Å². The van der Waals surface area contributed by atoms with Crippen LogP contribution in [-0.2, 0) is 9.53 Å². The Labute approximate surface area is 87.0 Å². The zero-order valence-corrected chi connectivity index (χ0v) is 9.47. The predicted molar refractivity (Wildman–Crippen MR) is 57.1 cm³/mol. The lowest BCUT2D eigenvalue weighted by atomic mass is 9.88. The molecule has 2 nitrogen and oxygen atoms in total. The van der Waals surface area contributed by atoms with Crippen LogP contribution >= 0.6 is 0 Å². The van der Waals surface area contributed by atoms with Crippen LogP contribution in [-0.4, -0.2) is 11.6 Å². The summed E-state index contributed by atoms with van der Waals surface area (Å²) in [6, 6.07) is 0. The van der Waals surface area contributed by atoms with E-state index in [2.05, 4.69) is 13.8 Å². The Balaban J connectivity index is 2.46. The van der Waals surface area contributed by atoms with Crippen LogP contribution in [0.4, 0.5) is 0 Å². The van der Waals surface area contributed by atoms with Crippen molar-refractivity contribution in [3.63, 3.8) is 0 Å². The maximum absolute atomic E-state index is 11.2. The van der Waals surface area contributed by atoms with Gasteiger partial charge in [-0.3, -0.25) is 4.79 Å². The Kier molecular flexibility index (Phi) is 4.43. The second-order valence-electron chi connectivity index (χ2n) is 4.36. The molecule has 0 spiro atoms. The first kappa shape index (κ1) is 11.5. The zero-order chi connectivity index (χ0) is 10.4. The van der Waals surface area contributed by atoms with Gasteiger partial charge in [0.25, 0.3) is 0 Å². The van der Waals surface area contributed by atoms with Gasteiger partial charge in [0, 0.05) is 6.42 Å². The molecule has 0 radical (unpaired) electrons. The molecular formula is C12H22O2. The van der Waals surface area contributed by atoms with Crippen molar-refractivity contribution in [3.05, 3.63) is 0 Å². The van der Waals surface area contributed by atoms with Crippen molar-refractivity contribution in [2.45, 2.75) is 70.8 Å². The van der Waals surface area contributed by atoms with Gasteiger partial charge in [-0.1, -0.05) is 26.7 Å². The van der Waals surface area contributed by atoms with Crippen LogP contribution in [0.15, 0.2) is 0 Å². The molecule has 82 valence electrons. The number of unbranched alkanes of at least 4 members (excludes halogenated alkanes) is 2. The van der Waals surface area contributed by atoms with Gasteiger partial charge in [-0.2, -0.15) is 0 Å². The predicted octanol–water partition coefficient (Wildman–Crippen LogP) is 3.44. The average molecular weight is 198 g/mol. The zero-order valence-electron chi connectivity index (χ0n) is 9.47. The van der Waals surface area contributed by atoms with Crippen molar-refractivity contribution in [1.82, 2.24) is 0 Å². The number of cyclic esters (lactones) is 1. The molecule has 0 unspecified atom stereocenters. The largest absolute Gasteiger partial charge is 0.459 e. The van der Waals surface area contributed by atoms with E-state index in [1.807, 2.05) is 0 Å². The van der Waals surface area contributed by atoms with Gasteiger partial charge in [0.05, 0.1) is 0 Å². The Morgan fingerprint density at radius 1 is 1.21 bits per heavy atom. The van der Waals surface area contributed by atoms with Gasteiger partial charge >= 0.3 is 5.97 Å². The second kappa shape index (κ2) is 5.38. The van der Waals surface area contributed by atoms with Gasteiger partial charge in [0.1, 0.15) is 5.60 Å². The lowest BCUT2D eigenvalue weighted by molar-refractivity contribution is -0.149. The van der Waals surface area contributed by atoms with E-state index in [0.717, 1.165) is 19.3 Å². The minimum atomic E-state index is -0.0803. The van der Waals surface area contributed by atoms with E-state index in [1.165, 1.54) is 25.7 Å². The fraction of sp³-hybridized carbons (Fsp3) is 0.917. The van der Waals surface area contributed by atoms with Crippen molar-refractivity contribution in [1.29, 1.82) is 0 Å². The average Bonchev–Trinajstić information content (AvgIpc) is 2.55. The highest BCUT2D eigenvalue weighted by atomic mass is 16.6. The van der Waals surface area contributed by atoms with Crippen molar-refractivity contribution in [3.8, 4) is 0 Å². The summed E-state index contributed by atoms with van der Waals surface area (Å²) in [5, 5.41) is 0. The topological polar surface area (TPSA) is 26.3 Å². The molecule has 0 saturated carbocycles. The number of rotatable bonds is 6. The molecule has 1 aliphatic heterocycles. The van der Waals surface area contributed by atoms with Crippen LogP contribution in [0.1, 0.15) is 65.2 Å². The summed E-state index contributed by atoms with van der Waals surface area (Å²) in [5.41, 5.74) is -0.0803. The Morgan fingerprint density at radius 2 is 1.79 bits per heavy atom. The Bertz CT molecular complexity index is 179. The van der Waals surface area contributed by atoms with Crippen LogP contribution in [0.3, 0.4) is 0 Å². The first-order valence-electron chi connectivity index (χ1n) is 5.94. The van der Waals surface area contributed by atoms with Crippen molar-refractivity contribution >= 4 is 5.97 Å². The molecule has 0 bridgehead atoms. The maximum Gasteiger partial charge on any atom is 0.306 e. The van der Waals surface area contributed by atoms with Crippen LogP contribution in [0, 0.1) is 0 Å². The van der Waals surface area contributed by atoms with E-state index >= 15 is 0 Å². The van der Waals surface area contributed by atoms with E-state index in [0.29, 0.717) is 6.42 Å². The fourth-order valence-corrected chi connectivity index (χ4v) is 2.15. The molecule has 0 aromatic carbocycles. The molecule has 2 heteroatoms. The summed E-state index contributed by atoms with van der Waals surface area (Å²) in [7, 11) is 0. The summed E-state index contributed by atoms with van der Waals surface area (Å²) >= 11 is 0. The smallest absolute Gasteiger partial charge is 0.306 e. The SMILES string of the molecule is CCCCC1(CCCC)CCC(=O)O1. The third kappa shape index (κ3) is 3.00. The van der Waals surface area contributed by atoms with Gasteiger partial charge in [-0.05, 0) is 32.1 Å². The molecule has 14 heavy (non-hydrogen) atoms. The number of hydrogen-bond donors (Lipinski definition) is 0. The third-order valence-electron chi connectivity index (χ3n) is 3.09. The molecule has 1 heterocycles. The number of esters is 1. The fourth-order valence-electron chi connectivity index (χ4n) is 2.15. The van der Waals surface area contributed by atoms with Crippen molar-refractivity contribution < 1.29 is 9.53 Å². The summed E-state index contributed by atoms with van der Waals surface area (Å²) in [4.78, 5) is 11.2. The number of carbonyl (C=O) groups is 1. The van der Waals surface area contributed by atoms with Gasteiger partial charge in [0.2, 0.25) is 0 Å². The molecular weight excluding hydrogens is 176 g/mol. The third-order valence-corrected chi connectivity index (χ3v) is 3.09. The summed E-state index contributed by atoms with van der Waals surface area (Å²) in [6.45, 7) is 4.37. The number of hydrogen-bond acceptors (Lipinski definition) is 2. The maximum atomic E-state index is 11.2. The molecule has 0 aromatic rings. The van der Waals surface area contributed by atoms with Crippen molar-refractivity contribution in [2.24, 2.45) is 0 Å². The molecule has 0 N–H and O–H groups in total. The van der Waals surface area contributed by atoms with Crippen molar-refractivity contribution in [2.75, 3.05) is 0 Å². The lowest BCUT2D eigenvalue weighted by Crippen LogP contribution is -2.28. The summed E-state index contributed by atoms with van der Waals surface area (Å²) in [5.74, 6) is 0.0113.